The van der Waals surface area contributed by atoms with Crippen molar-refractivity contribution in [2.24, 2.45) is 0 Å². The molecule has 0 atom stereocenters. The van der Waals surface area contributed by atoms with Crippen LogP contribution in [-0.2, 0) is 5.41 Å². The zero-order chi connectivity index (χ0) is 28.1. The summed E-state index contributed by atoms with van der Waals surface area (Å²) in [7, 11) is 0. The fourth-order valence-electron chi connectivity index (χ4n) is 5.97. The molecule has 4 heteroatoms. The zero-order valence-electron chi connectivity index (χ0n) is 24.9. The normalized spacial score (nSPS) is 11.7. The SMILES string of the molecule is CCCCCCCCCC(CCCCCCCC)(CCCCCCCC)c1cc(C(=O)[O-])ccc1C(=O)[O-]. The Morgan fingerprint density at radius 1 is 0.553 bits per heavy atom. The Labute approximate surface area is 234 Å². The topological polar surface area (TPSA) is 80.3 Å². The van der Waals surface area contributed by atoms with Gasteiger partial charge in [-0.3, -0.25) is 0 Å². The average molecular weight is 529 g/mol. The molecule has 0 saturated heterocycles. The first-order chi connectivity index (χ1) is 18.4. The molecule has 0 heterocycles. The number of carboxylic acids is 2. The minimum absolute atomic E-state index is 0.0693. The lowest BCUT2D eigenvalue weighted by molar-refractivity contribution is -0.256. The number of carbonyl (C=O) groups is 2. The molecule has 0 aliphatic rings. The minimum atomic E-state index is -1.25. The van der Waals surface area contributed by atoms with Gasteiger partial charge < -0.3 is 19.8 Å². The summed E-state index contributed by atoms with van der Waals surface area (Å²) in [5, 5.41) is 24.0. The monoisotopic (exact) mass is 528 g/mol. The van der Waals surface area contributed by atoms with Crippen LogP contribution in [0.25, 0.3) is 0 Å². The number of hydrogen-bond acceptors (Lipinski definition) is 4. The van der Waals surface area contributed by atoms with Crippen LogP contribution in [0.1, 0.15) is 188 Å². The molecule has 4 nitrogen and oxygen atoms in total. The Morgan fingerprint density at radius 3 is 1.26 bits per heavy atom. The van der Waals surface area contributed by atoms with Gasteiger partial charge in [-0.1, -0.05) is 155 Å². The fraction of sp³-hybridized carbons (Fsp3) is 0.765. The first kappa shape index (κ1) is 34.2. The van der Waals surface area contributed by atoms with Gasteiger partial charge in [-0.05, 0) is 41.9 Å². The molecule has 218 valence electrons. The molecule has 0 radical (unpaired) electrons. The van der Waals surface area contributed by atoms with Crippen molar-refractivity contribution in [2.45, 2.75) is 167 Å². The van der Waals surface area contributed by atoms with E-state index >= 15 is 0 Å². The lowest BCUT2D eigenvalue weighted by Crippen LogP contribution is -2.34. The molecule has 0 saturated carbocycles. The van der Waals surface area contributed by atoms with Crippen LogP contribution in [0, 0.1) is 0 Å². The molecule has 1 aromatic rings. The highest BCUT2D eigenvalue weighted by molar-refractivity contribution is 5.92. The van der Waals surface area contributed by atoms with Gasteiger partial charge in [-0.25, -0.2) is 0 Å². The predicted octanol–water partition coefficient (Wildman–Crippen LogP) is 8.29. The summed E-state index contributed by atoms with van der Waals surface area (Å²) in [5.74, 6) is -2.46. The summed E-state index contributed by atoms with van der Waals surface area (Å²) in [4.78, 5) is 24.0. The molecule has 1 aromatic carbocycles. The third-order valence-electron chi connectivity index (χ3n) is 8.32. The number of hydrogen-bond donors (Lipinski definition) is 0. The maximum atomic E-state index is 12.2. The molecule has 0 N–H and O–H groups in total. The van der Waals surface area contributed by atoms with Gasteiger partial charge in [-0.2, -0.15) is 0 Å². The highest BCUT2D eigenvalue weighted by atomic mass is 16.4. The second-order valence-electron chi connectivity index (χ2n) is 11.5. The third-order valence-corrected chi connectivity index (χ3v) is 8.32. The van der Waals surface area contributed by atoms with Crippen molar-refractivity contribution in [3.63, 3.8) is 0 Å². The number of carbonyl (C=O) groups excluding carboxylic acids is 2. The number of aromatic carboxylic acids is 2. The van der Waals surface area contributed by atoms with Crippen molar-refractivity contribution in [3.8, 4) is 0 Å². The molecule has 0 bridgehead atoms. The van der Waals surface area contributed by atoms with Crippen LogP contribution in [0.4, 0.5) is 0 Å². The standard InChI is InChI=1S/C34H58O4/c1-4-7-10-13-16-19-22-27-34(25-20-17-14-11-8-5-2,26-21-18-15-12-9-6-3)31-28-29(32(35)36)23-24-30(31)33(37)38/h23-24,28H,4-22,25-27H2,1-3H3,(H,35,36)(H,37,38)/p-2. The molecular formula is C34H56O4-2. The van der Waals surface area contributed by atoms with E-state index in [2.05, 4.69) is 20.8 Å². The van der Waals surface area contributed by atoms with E-state index in [0.29, 0.717) is 5.56 Å². The van der Waals surface area contributed by atoms with E-state index in [1.807, 2.05) is 0 Å². The molecule has 1 rings (SSSR count). The van der Waals surface area contributed by atoms with E-state index in [-0.39, 0.29) is 16.5 Å². The zero-order valence-corrected chi connectivity index (χ0v) is 24.9. The fourth-order valence-corrected chi connectivity index (χ4v) is 5.97. The summed E-state index contributed by atoms with van der Waals surface area (Å²) < 4.78 is 0. The van der Waals surface area contributed by atoms with Crippen LogP contribution >= 0.6 is 0 Å². The summed E-state index contributed by atoms with van der Waals surface area (Å²) in [6, 6.07) is 4.41. The van der Waals surface area contributed by atoms with Crippen molar-refractivity contribution in [2.75, 3.05) is 0 Å². The van der Waals surface area contributed by atoms with E-state index in [1.165, 1.54) is 95.6 Å². The number of unbranched alkanes of at least 4 members (excludes halogenated alkanes) is 16. The van der Waals surface area contributed by atoms with Gasteiger partial charge in [0.05, 0.1) is 11.9 Å². The van der Waals surface area contributed by atoms with Crippen LogP contribution in [-0.4, -0.2) is 11.9 Å². The molecular weight excluding hydrogens is 472 g/mol. The molecule has 0 aromatic heterocycles. The van der Waals surface area contributed by atoms with Crippen molar-refractivity contribution >= 4 is 11.9 Å². The maximum absolute atomic E-state index is 12.2. The molecule has 0 unspecified atom stereocenters. The summed E-state index contributed by atoms with van der Waals surface area (Å²) >= 11 is 0. The third kappa shape index (κ3) is 13.3. The van der Waals surface area contributed by atoms with E-state index < -0.39 is 11.9 Å². The van der Waals surface area contributed by atoms with Crippen LogP contribution in [0.5, 0.6) is 0 Å². The highest BCUT2D eigenvalue weighted by Crippen LogP contribution is 2.42. The second-order valence-corrected chi connectivity index (χ2v) is 11.5. The van der Waals surface area contributed by atoms with Crippen molar-refractivity contribution in [3.05, 3.63) is 34.9 Å². The van der Waals surface area contributed by atoms with Gasteiger partial charge in [0, 0.05) is 5.56 Å². The van der Waals surface area contributed by atoms with Crippen LogP contribution in [0.2, 0.25) is 0 Å². The maximum Gasteiger partial charge on any atom is 0.0718 e. The van der Waals surface area contributed by atoms with E-state index in [0.717, 1.165) is 57.8 Å². The number of carboxylic acid groups (broad SMARTS) is 2. The quantitative estimate of drug-likeness (QED) is 0.120. The Kier molecular flexibility index (Phi) is 18.9. The summed E-state index contributed by atoms with van der Waals surface area (Å²) in [6.07, 6.45) is 25.3. The van der Waals surface area contributed by atoms with Crippen molar-refractivity contribution < 1.29 is 19.8 Å². The van der Waals surface area contributed by atoms with Gasteiger partial charge in [0.25, 0.3) is 0 Å². The van der Waals surface area contributed by atoms with Crippen molar-refractivity contribution in [1.29, 1.82) is 0 Å². The van der Waals surface area contributed by atoms with E-state index in [4.69, 9.17) is 0 Å². The summed E-state index contributed by atoms with van der Waals surface area (Å²) in [5.41, 5.74) is 0.571. The van der Waals surface area contributed by atoms with E-state index in [1.54, 1.807) is 6.07 Å². The lowest BCUT2D eigenvalue weighted by atomic mass is 9.67. The van der Waals surface area contributed by atoms with Crippen LogP contribution < -0.4 is 10.2 Å². The Bertz CT molecular complexity index is 754. The van der Waals surface area contributed by atoms with Gasteiger partial charge in [0.15, 0.2) is 0 Å². The van der Waals surface area contributed by atoms with Crippen LogP contribution in [0.3, 0.4) is 0 Å². The van der Waals surface area contributed by atoms with Gasteiger partial charge in [0.1, 0.15) is 0 Å². The second kappa shape index (κ2) is 21.0. The molecule has 0 aliphatic carbocycles. The molecule has 0 fully saturated rings. The Balaban J connectivity index is 3.22. The number of rotatable bonds is 25. The van der Waals surface area contributed by atoms with Gasteiger partial charge in [-0.15, -0.1) is 0 Å². The first-order valence-electron chi connectivity index (χ1n) is 16.0. The Morgan fingerprint density at radius 2 is 0.921 bits per heavy atom. The molecule has 0 aliphatic heterocycles. The Hall–Kier alpha value is -1.84. The summed E-state index contributed by atoms with van der Waals surface area (Å²) in [6.45, 7) is 6.67. The highest BCUT2D eigenvalue weighted by Gasteiger charge is 2.33. The average Bonchev–Trinajstić information content (AvgIpc) is 2.91. The smallest absolute Gasteiger partial charge is 0.0718 e. The molecule has 0 spiro atoms. The number of benzene rings is 1. The van der Waals surface area contributed by atoms with Gasteiger partial charge in [0.2, 0.25) is 0 Å². The van der Waals surface area contributed by atoms with Gasteiger partial charge >= 0.3 is 0 Å². The minimum Gasteiger partial charge on any atom is -0.545 e. The first-order valence-corrected chi connectivity index (χ1v) is 16.0. The van der Waals surface area contributed by atoms with Crippen molar-refractivity contribution in [1.82, 2.24) is 0 Å². The molecule has 0 amide bonds. The molecule has 38 heavy (non-hydrogen) atoms. The lowest BCUT2D eigenvalue weighted by Gasteiger charge is -2.38. The largest absolute Gasteiger partial charge is 0.545 e. The van der Waals surface area contributed by atoms with Crippen LogP contribution in [0.15, 0.2) is 18.2 Å². The predicted molar refractivity (Wildman–Crippen MR) is 155 cm³/mol. The van der Waals surface area contributed by atoms with E-state index in [9.17, 15) is 19.8 Å².